The fourth-order valence-corrected chi connectivity index (χ4v) is 8.91. The molecule has 0 spiro atoms. The number of anilines is 2. The first kappa shape index (κ1) is 38.2. The molecule has 2 aliphatic heterocycles. The maximum Gasteiger partial charge on any atom is 0.350 e. The molecule has 0 aliphatic carbocycles. The highest BCUT2D eigenvalue weighted by atomic mass is 35.5. The summed E-state index contributed by atoms with van der Waals surface area (Å²) in [6.07, 6.45) is 3.78. The molecule has 2 aromatic heterocycles. The summed E-state index contributed by atoms with van der Waals surface area (Å²) in [5.41, 5.74) is 6.76. The van der Waals surface area contributed by atoms with Crippen LogP contribution >= 0.6 is 23.2 Å². The van der Waals surface area contributed by atoms with Crippen LogP contribution in [0.2, 0.25) is 10.0 Å². The van der Waals surface area contributed by atoms with Gasteiger partial charge in [0.15, 0.2) is 0 Å². The Morgan fingerprint density at radius 3 is 2.37 bits per heavy atom. The van der Waals surface area contributed by atoms with Gasteiger partial charge in [-0.25, -0.2) is 23.7 Å². The van der Waals surface area contributed by atoms with Gasteiger partial charge in [-0.3, -0.25) is 0 Å². The van der Waals surface area contributed by atoms with Crippen molar-refractivity contribution in [1.29, 1.82) is 0 Å². The quantitative estimate of drug-likeness (QED) is 0.123. The summed E-state index contributed by atoms with van der Waals surface area (Å²) >= 11 is 13.3. The van der Waals surface area contributed by atoms with E-state index in [2.05, 4.69) is 83.9 Å². The minimum absolute atomic E-state index is 0.0596. The summed E-state index contributed by atoms with van der Waals surface area (Å²) < 4.78 is 42.5. The maximum atomic E-state index is 13.3. The fraction of sp³-hybridized carbons (Fsp3) is 0.488. The van der Waals surface area contributed by atoms with Gasteiger partial charge in [0.05, 0.1) is 25.6 Å². The van der Waals surface area contributed by atoms with E-state index in [0.29, 0.717) is 27.8 Å². The summed E-state index contributed by atoms with van der Waals surface area (Å²) in [5, 5.41) is 9.25. The zero-order valence-electron chi connectivity index (χ0n) is 36.2. The molecule has 3 aromatic carbocycles. The van der Waals surface area contributed by atoms with Crippen LogP contribution in [0.5, 0.6) is 5.75 Å². The molecule has 14 heteroatoms. The van der Waals surface area contributed by atoms with Crippen molar-refractivity contribution in [2.75, 3.05) is 36.0 Å². The number of benzene rings is 3. The van der Waals surface area contributed by atoms with Crippen LogP contribution in [-0.4, -0.2) is 73.6 Å². The highest BCUT2D eigenvalue weighted by molar-refractivity contribution is 6.35. The Morgan fingerprint density at radius 2 is 1.70 bits per heavy atom. The third-order valence-electron chi connectivity index (χ3n) is 11.5. The van der Waals surface area contributed by atoms with E-state index >= 15 is 0 Å². The van der Waals surface area contributed by atoms with Crippen molar-refractivity contribution < 1.29 is 17.0 Å². The third kappa shape index (κ3) is 7.93. The van der Waals surface area contributed by atoms with E-state index in [4.69, 9.17) is 37.4 Å². The van der Waals surface area contributed by atoms with Gasteiger partial charge in [0.1, 0.15) is 43.9 Å². The van der Waals surface area contributed by atoms with Gasteiger partial charge in [0.2, 0.25) is 5.79 Å². The van der Waals surface area contributed by atoms with E-state index in [1.165, 1.54) is 12.7 Å². The largest absolute Gasteiger partial charge is 0.490 e. The Labute approximate surface area is 348 Å². The molecule has 304 valence electrons. The van der Waals surface area contributed by atoms with E-state index < -0.39 is 24.5 Å². The lowest BCUT2D eigenvalue weighted by Crippen LogP contribution is -2.52. The van der Waals surface area contributed by atoms with Gasteiger partial charge in [0, 0.05) is 47.6 Å². The molecule has 0 bridgehead atoms. The van der Waals surface area contributed by atoms with E-state index in [1.54, 1.807) is 21.6 Å². The normalized spacial score (nSPS) is 22.6. The molecule has 2 saturated heterocycles. The molecule has 12 nitrogen and oxygen atoms in total. The molecule has 4 heterocycles. The van der Waals surface area contributed by atoms with Crippen molar-refractivity contribution in [2.24, 2.45) is 5.92 Å². The first-order valence-electron chi connectivity index (χ1n) is 20.7. The lowest BCUT2D eigenvalue weighted by molar-refractivity contribution is -0.196. The van der Waals surface area contributed by atoms with Crippen molar-refractivity contribution in [2.45, 2.75) is 105 Å². The number of nitrogens with zero attached hydrogens (tertiary/aromatic N) is 8. The summed E-state index contributed by atoms with van der Waals surface area (Å²) in [6, 6.07) is 14.3. The number of aryl methyl sites for hydroxylation is 2. The van der Waals surface area contributed by atoms with E-state index in [9.17, 15) is 7.54 Å². The molecule has 0 saturated carbocycles. The smallest absolute Gasteiger partial charge is 0.350 e. The predicted octanol–water partition coefficient (Wildman–Crippen LogP) is 8.22. The number of piperazine rings is 1. The second-order valence-electron chi connectivity index (χ2n) is 15.7. The van der Waals surface area contributed by atoms with Crippen molar-refractivity contribution >= 4 is 34.6 Å². The lowest BCUT2D eigenvalue weighted by Gasteiger charge is -2.43. The van der Waals surface area contributed by atoms with Gasteiger partial charge >= 0.3 is 5.69 Å². The van der Waals surface area contributed by atoms with Gasteiger partial charge in [-0.15, -0.1) is 0 Å². The van der Waals surface area contributed by atoms with Crippen LogP contribution in [-0.2, 0) is 21.8 Å². The van der Waals surface area contributed by atoms with Crippen molar-refractivity contribution in [3.63, 3.8) is 0 Å². The summed E-state index contributed by atoms with van der Waals surface area (Å²) in [4.78, 5) is 22.1. The predicted molar refractivity (Wildman–Crippen MR) is 225 cm³/mol. The highest BCUT2D eigenvalue weighted by Gasteiger charge is 2.50. The second-order valence-corrected chi connectivity index (χ2v) is 16.5. The lowest BCUT2D eigenvalue weighted by atomic mass is 9.96. The van der Waals surface area contributed by atoms with Crippen LogP contribution in [0.1, 0.15) is 77.6 Å². The molecular formula is C43H54Cl2N8O4. The van der Waals surface area contributed by atoms with Crippen LogP contribution < -0.4 is 20.2 Å². The Balaban J connectivity index is 1.03. The number of hydrogen-bond donors (Lipinski definition) is 0. The third-order valence-corrected chi connectivity index (χ3v) is 12.2. The van der Waals surface area contributed by atoms with Gasteiger partial charge in [-0.1, -0.05) is 44.0 Å². The minimum atomic E-state index is -2.36. The summed E-state index contributed by atoms with van der Waals surface area (Å²) in [5.74, 6) is -0.985. The number of halogens is 2. The van der Waals surface area contributed by atoms with Crippen LogP contribution in [0.25, 0.3) is 5.69 Å². The summed E-state index contributed by atoms with van der Waals surface area (Å²) in [7, 11) is 0. The molecule has 3 unspecified atom stereocenters. The van der Waals surface area contributed by atoms with E-state index in [0.717, 1.165) is 64.5 Å². The zero-order chi connectivity index (χ0) is 42.6. The Kier molecular flexibility index (Phi) is 11.0. The van der Waals surface area contributed by atoms with Crippen molar-refractivity contribution in [3.8, 4) is 11.4 Å². The van der Waals surface area contributed by atoms with Crippen molar-refractivity contribution in [1.82, 2.24) is 29.1 Å². The maximum absolute atomic E-state index is 13.3. The van der Waals surface area contributed by atoms with Crippen LogP contribution in [0.15, 0.2) is 66.2 Å². The van der Waals surface area contributed by atoms with Gasteiger partial charge in [-0.2, -0.15) is 10.2 Å². The molecule has 0 radical (unpaired) electrons. The first-order chi connectivity index (χ1) is 28.0. The fourth-order valence-electron chi connectivity index (χ4n) is 8.23. The molecular weight excluding hydrogens is 763 g/mol. The molecule has 5 aromatic rings. The van der Waals surface area contributed by atoms with Crippen LogP contribution in [0.4, 0.5) is 11.4 Å². The number of aromatic nitrogens is 6. The number of hydrogen-bond acceptors (Lipinski definition) is 9. The molecule has 2 aliphatic rings. The van der Waals surface area contributed by atoms with Gasteiger partial charge in [-0.05, 0) is 119 Å². The van der Waals surface area contributed by atoms with Crippen LogP contribution in [0, 0.1) is 33.6 Å². The minimum Gasteiger partial charge on any atom is -0.490 e. The first-order valence-corrected chi connectivity index (χ1v) is 20.4. The molecule has 2 fully saturated rings. The van der Waals surface area contributed by atoms with Gasteiger partial charge < -0.3 is 24.0 Å². The topological polar surface area (TPSA) is 105 Å². The average Bonchev–Trinajstić information content (AvgIpc) is 3.94. The molecule has 7 rings (SSSR count). The Hall–Kier alpha value is -4.36. The highest BCUT2D eigenvalue weighted by Crippen LogP contribution is 2.46. The molecule has 5 atom stereocenters. The monoisotopic (exact) mass is 818 g/mol. The number of ether oxygens (including phenoxy) is 3. The Bertz CT molecular complexity index is 2370. The van der Waals surface area contributed by atoms with Crippen LogP contribution in [0.3, 0.4) is 0 Å². The number of rotatable bonds is 12. The van der Waals surface area contributed by atoms with Gasteiger partial charge in [0.25, 0.3) is 0 Å². The molecule has 0 amide bonds. The Morgan fingerprint density at radius 1 is 0.947 bits per heavy atom. The average molecular weight is 820 g/mol. The second kappa shape index (κ2) is 16.5. The molecule has 0 N–H and O–H groups in total. The van der Waals surface area contributed by atoms with E-state index in [-0.39, 0.29) is 29.4 Å². The van der Waals surface area contributed by atoms with Crippen molar-refractivity contribution in [3.05, 3.63) is 110 Å². The summed E-state index contributed by atoms with van der Waals surface area (Å²) in [6.45, 7) is 18.4. The zero-order valence-corrected chi connectivity index (χ0v) is 35.7. The standard InChI is InChI=1S/C43H54Cl2N8O4/c1-10-37(26(2)3)53-42(54)52(25-48-53)34-11-13-38(27(4)17-34)49-15-16-51(29(6)20-49)33-12-14-39(28(5)18-33)55-21-40-32(9)56-43(57-40,22-50-24-46-23-47-50)41-31(8)30(7)35(44)19-36(41)45/h11-14,17-19,23-26,29,32,37,40H,10,15-16,20-22H2,1-9H3/t29?,32?,37?,40-,43-/m1/s1/i22D2. The SMILES string of the molecule is [2H]C([2H])(n1cncn1)[C@@]1(c2c(Cl)cc(Cl)c(C)c2C)OC(C)[C@@H](COc2ccc(N3CCN(c4ccc(-n5cnn(C(CC)C(C)C)c5=O)cc4C)CC3C)cc2C)O1. The van der Waals surface area contributed by atoms with E-state index in [1.807, 2.05) is 39.8 Å². The molecule has 57 heavy (non-hydrogen) atoms.